The number of likely N-dealkylation sites (N-methyl/N-ethyl adjacent to an activating group) is 1. The minimum atomic E-state index is 0.0243. The fraction of sp³-hybridized carbons (Fsp3) is 0.636. The number of nitrogens with zero attached hydrogens (tertiary/aromatic N) is 1. The van der Waals surface area contributed by atoms with E-state index in [1.165, 1.54) is 8.66 Å². The van der Waals surface area contributed by atoms with Crippen molar-refractivity contribution < 1.29 is 0 Å². The lowest BCUT2D eigenvalue weighted by molar-refractivity contribution is 0.158. The number of hydrogen-bond donors (Lipinski definition) is 1. The van der Waals surface area contributed by atoms with Gasteiger partial charge in [0, 0.05) is 16.5 Å². The molecule has 4 heteroatoms. The molecule has 0 spiro atoms. The van der Waals surface area contributed by atoms with E-state index in [0.717, 1.165) is 6.42 Å². The first-order chi connectivity index (χ1) is 6.84. The van der Waals surface area contributed by atoms with Crippen LogP contribution in [0.1, 0.15) is 18.7 Å². The summed E-state index contributed by atoms with van der Waals surface area (Å²) in [7, 11) is 4.15. The Labute approximate surface area is 105 Å². The van der Waals surface area contributed by atoms with E-state index >= 15 is 0 Å². The van der Waals surface area contributed by atoms with Crippen LogP contribution in [-0.2, 0) is 6.42 Å². The zero-order valence-corrected chi connectivity index (χ0v) is 12.2. The quantitative estimate of drug-likeness (QED) is 0.924. The summed E-state index contributed by atoms with van der Waals surface area (Å²) >= 11 is 5.23. The van der Waals surface area contributed by atoms with Gasteiger partial charge in [0.05, 0.1) is 3.79 Å². The molecule has 1 atom stereocenters. The average Bonchev–Trinajstić information content (AvgIpc) is 2.50. The van der Waals surface area contributed by atoms with Gasteiger partial charge in [-0.2, -0.15) is 0 Å². The van der Waals surface area contributed by atoms with Crippen LogP contribution in [-0.4, -0.2) is 30.6 Å². The molecule has 15 heavy (non-hydrogen) atoms. The minimum Gasteiger partial charge on any atom is -0.326 e. The van der Waals surface area contributed by atoms with Gasteiger partial charge in [-0.25, -0.2) is 0 Å². The van der Waals surface area contributed by atoms with Gasteiger partial charge in [0.1, 0.15) is 0 Å². The summed E-state index contributed by atoms with van der Waals surface area (Å²) in [6.45, 7) is 4.36. The molecule has 0 aromatic carbocycles. The molecule has 0 saturated heterocycles. The Hall–Kier alpha value is 0.1000. The fourth-order valence-electron chi connectivity index (χ4n) is 1.26. The monoisotopic (exact) mass is 290 g/mol. The standard InChI is InChI=1S/C11H19BrN2S/c1-11(2,14(3)4)9(13)7-8-5-6-10(12)15-8/h5-6,9H,7,13H2,1-4H3. The molecule has 1 heterocycles. The molecule has 0 radical (unpaired) electrons. The molecule has 0 amide bonds. The van der Waals surface area contributed by atoms with Crippen molar-refractivity contribution in [2.45, 2.75) is 31.8 Å². The van der Waals surface area contributed by atoms with Crippen LogP contribution in [0.3, 0.4) is 0 Å². The van der Waals surface area contributed by atoms with Gasteiger partial charge in [-0.05, 0) is 62.4 Å². The molecule has 0 aliphatic carbocycles. The van der Waals surface area contributed by atoms with Gasteiger partial charge in [-0.3, -0.25) is 0 Å². The maximum Gasteiger partial charge on any atom is 0.0701 e. The fourth-order valence-corrected chi connectivity index (χ4v) is 2.80. The summed E-state index contributed by atoms with van der Waals surface area (Å²) < 4.78 is 1.17. The van der Waals surface area contributed by atoms with Crippen LogP contribution in [0.5, 0.6) is 0 Å². The molecular formula is C11H19BrN2S. The number of thiophene rings is 1. The number of rotatable bonds is 4. The first-order valence-corrected chi connectivity index (χ1v) is 6.62. The molecule has 1 aromatic rings. The Balaban J connectivity index is 2.67. The van der Waals surface area contributed by atoms with Gasteiger partial charge in [0.15, 0.2) is 0 Å². The zero-order chi connectivity index (χ0) is 11.6. The maximum absolute atomic E-state index is 6.24. The second-order valence-electron chi connectivity index (χ2n) is 4.56. The van der Waals surface area contributed by atoms with Crippen LogP contribution in [0, 0.1) is 0 Å². The second kappa shape index (κ2) is 4.95. The van der Waals surface area contributed by atoms with Gasteiger partial charge in [-0.15, -0.1) is 11.3 Å². The average molecular weight is 291 g/mol. The highest BCUT2D eigenvalue weighted by molar-refractivity contribution is 9.11. The highest BCUT2D eigenvalue weighted by Crippen LogP contribution is 2.25. The molecule has 0 aliphatic rings. The minimum absolute atomic E-state index is 0.0243. The SMILES string of the molecule is CN(C)C(C)(C)C(N)Cc1ccc(Br)s1. The molecule has 1 aromatic heterocycles. The first-order valence-electron chi connectivity index (χ1n) is 5.01. The number of nitrogens with two attached hydrogens (primary N) is 1. The lowest BCUT2D eigenvalue weighted by Crippen LogP contribution is -2.53. The van der Waals surface area contributed by atoms with E-state index in [2.05, 4.69) is 60.9 Å². The summed E-state index contributed by atoms with van der Waals surface area (Å²) in [5.74, 6) is 0. The third-order valence-corrected chi connectivity index (χ3v) is 4.76. The Kier molecular flexibility index (Phi) is 4.35. The third kappa shape index (κ3) is 3.28. The maximum atomic E-state index is 6.24. The Bertz CT molecular complexity index is 320. The van der Waals surface area contributed by atoms with Crippen molar-refractivity contribution in [3.05, 3.63) is 20.8 Å². The number of halogens is 1. The molecule has 0 fully saturated rings. The summed E-state index contributed by atoms with van der Waals surface area (Å²) in [6.07, 6.45) is 0.932. The predicted molar refractivity (Wildman–Crippen MR) is 71.5 cm³/mol. The van der Waals surface area contributed by atoms with E-state index in [1.54, 1.807) is 11.3 Å². The van der Waals surface area contributed by atoms with Gasteiger partial charge < -0.3 is 10.6 Å². The third-order valence-electron chi connectivity index (χ3n) is 3.11. The van der Waals surface area contributed by atoms with Crippen molar-refractivity contribution >= 4 is 27.3 Å². The lowest BCUT2D eigenvalue weighted by atomic mass is 9.91. The highest BCUT2D eigenvalue weighted by Gasteiger charge is 2.28. The molecule has 1 rings (SSSR count). The van der Waals surface area contributed by atoms with Crippen LogP contribution in [0.15, 0.2) is 15.9 Å². The van der Waals surface area contributed by atoms with Crippen LogP contribution in [0.25, 0.3) is 0 Å². The molecule has 1 unspecified atom stereocenters. The van der Waals surface area contributed by atoms with Crippen molar-refractivity contribution in [2.75, 3.05) is 14.1 Å². The van der Waals surface area contributed by atoms with Crippen molar-refractivity contribution in [3.63, 3.8) is 0 Å². The van der Waals surface area contributed by atoms with E-state index in [0.29, 0.717) is 0 Å². The van der Waals surface area contributed by atoms with E-state index in [1.807, 2.05) is 0 Å². The van der Waals surface area contributed by atoms with E-state index < -0.39 is 0 Å². The number of hydrogen-bond acceptors (Lipinski definition) is 3. The predicted octanol–water partition coefficient (Wildman–Crippen LogP) is 2.72. The lowest BCUT2D eigenvalue weighted by Gasteiger charge is -2.38. The zero-order valence-electron chi connectivity index (χ0n) is 9.75. The van der Waals surface area contributed by atoms with Gasteiger partial charge >= 0.3 is 0 Å². The van der Waals surface area contributed by atoms with Crippen LogP contribution in [0.2, 0.25) is 0 Å². The second-order valence-corrected chi connectivity index (χ2v) is 7.11. The highest BCUT2D eigenvalue weighted by atomic mass is 79.9. The summed E-state index contributed by atoms with van der Waals surface area (Å²) in [6, 6.07) is 4.37. The van der Waals surface area contributed by atoms with Crippen LogP contribution < -0.4 is 5.73 Å². The van der Waals surface area contributed by atoms with Crippen molar-refractivity contribution in [1.82, 2.24) is 4.90 Å². The van der Waals surface area contributed by atoms with Crippen LogP contribution >= 0.6 is 27.3 Å². The van der Waals surface area contributed by atoms with Gasteiger partial charge in [0.2, 0.25) is 0 Å². The molecule has 86 valence electrons. The van der Waals surface area contributed by atoms with E-state index in [9.17, 15) is 0 Å². The Morgan fingerprint density at radius 1 is 1.47 bits per heavy atom. The van der Waals surface area contributed by atoms with Crippen molar-refractivity contribution in [2.24, 2.45) is 5.73 Å². The molecule has 0 aliphatic heterocycles. The summed E-state index contributed by atoms with van der Waals surface area (Å²) in [5.41, 5.74) is 6.27. The van der Waals surface area contributed by atoms with Crippen molar-refractivity contribution in [1.29, 1.82) is 0 Å². The molecule has 2 nitrogen and oxygen atoms in total. The molecule has 0 bridgehead atoms. The normalized spacial score (nSPS) is 14.6. The first kappa shape index (κ1) is 13.2. The summed E-state index contributed by atoms with van der Waals surface area (Å²) in [4.78, 5) is 3.52. The molecular weight excluding hydrogens is 272 g/mol. The topological polar surface area (TPSA) is 29.3 Å². The Morgan fingerprint density at radius 2 is 2.07 bits per heavy atom. The van der Waals surface area contributed by atoms with Crippen molar-refractivity contribution in [3.8, 4) is 0 Å². The summed E-state index contributed by atoms with van der Waals surface area (Å²) in [5, 5.41) is 0. The molecule has 2 N–H and O–H groups in total. The van der Waals surface area contributed by atoms with Crippen LogP contribution in [0.4, 0.5) is 0 Å². The molecule has 0 saturated carbocycles. The van der Waals surface area contributed by atoms with Gasteiger partial charge in [-0.1, -0.05) is 0 Å². The largest absolute Gasteiger partial charge is 0.326 e. The smallest absolute Gasteiger partial charge is 0.0701 e. The van der Waals surface area contributed by atoms with E-state index in [4.69, 9.17) is 5.73 Å². The van der Waals surface area contributed by atoms with Gasteiger partial charge in [0.25, 0.3) is 0 Å². The Morgan fingerprint density at radius 3 is 2.47 bits per heavy atom. The van der Waals surface area contributed by atoms with E-state index in [-0.39, 0.29) is 11.6 Å².